The highest BCUT2D eigenvalue weighted by Gasteiger charge is 2.30. The molecule has 1 unspecified atom stereocenters. The van der Waals surface area contributed by atoms with E-state index in [1.165, 1.54) is 59.9 Å². The van der Waals surface area contributed by atoms with Gasteiger partial charge in [0, 0.05) is 27.8 Å². The molecule has 3 nitrogen and oxygen atoms in total. The first-order chi connectivity index (χ1) is 13.6. The predicted octanol–water partition coefficient (Wildman–Crippen LogP) is 6.89. The van der Waals surface area contributed by atoms with Crippen molar-refractivity contribution in [3.05, 3.63) is 59.2 Å². The lowest BCUT2D eigenvalue weighted by molar-refractivity contribution is 0.0697. The second-order valence-corrected chi connectivity index (χ2v) is 9.23. The van der Waals surface area contributed by atoms with Gasteiger partial charge in [0.05, 0.1) is 11.3 Å². The molecule has 0 spiro atoms. The van der Waals surface area contributed by atoms with Crippen LogP contribution in [0.2, 0.25) is 0 Å². The highest BCUT2D eigenvalue weighted by atomic mass is 79.9. The minimum Gasteiger partial charge on any atom is -0.478 e. The Hall–Kier alpha value is -2.07. The second-order valence-electron chi connectivity index (χ2n) is 8.13. The van der Waals surface area contributed by atoms with Crippen LogP contribution in [-0.4, -0.2) is 15.6 Å². The van der Waals surface area contributed by atoms with Crippen LogP contribution < -0.4 is 0 Å². The smallest absolute Gasteiger partial charge is 0.335 e. The fraction of sp³-hybridized carbons (Fsp3) is 0.375. The number of halogens is 1. The van der Waals surface area contributed by atoms with Crippen molar-refractivity contribution < 1.29 is 9.90 Å². The summed E-state index contributed by atoms with van der Waals surface area (Å²) in [6.45, 7) is 0.895. The maximum Gasteiger partial charge on any atom is 0.335 e. The topological polar surface area (TPSA) is 42.2 Å². The van der Waals surface area contributed by atoms with E-state index in [1.807, 2.05) is 6.07 Å². The number of hydrogen-bond donors (Lipinski definition) is 1. The molecule has 2 aromatic carbocycles. The predicted molar refractivity (Wildman–Crippen MR) is 116 cm³/mol. The largest absolute Gasteiger partial charge is 0.478 e. The first-order valence-corrected chi connectivity index (χ1v) is 11.2. The molecule has 1 aliphatic heterocycles. The highest BCUT2D eigenvalue weighted by molar-refractivity contribution is 9.09. The van der Waals surface area contributed by atoms with Gasteiger partial charge in [-0.15, -0.1) is 0 Å². The number of carboxylic acid groups (broad SMARTS) is 1. The lowest BCUT2D eigenvalue weighted by Gasteiger charge is -2.24. The number of carbonyl (C=O) groups is 1. The van der Waals surface area contributed by atoms with Gasteiger partial charge in [0.25, 0.3) is 0 Å². The quantitative estimate of drug-likeness (QED) is 0.443. The molecule has 1 fully saturated rings. The monoisotopic (exact) mass is 437 g/mol. The molecule has 4 heteroatoms. The Morgan fingerprint density at radius 1 is 1.04 bits per heavy atom. The maximum atomic E-state index is 11.6. The Labute approximate surface area is 173 Å². The fourth-order valence-electron chi connectivity index (χ4n) is 5.22. The van der Waals surface area contributed by atoms with Gasteiger partial charge < -0.3 is 9.67 Å². The third-order valence-corrected chi connectivity index (χ3v) is 7.47. The standard InChI is InChI=1S/C24H24BrNO2/c25-20-12-13-26-21-14-16(24(27)28)10-11-19(21)22(15-6-2-1-3-7-15)23(26)18-9-5-4-8-17(18)20/h4-5,8-11,14-15,20H,1-3,6-7,12-13H2,(H,27,28). The summed E-state index contributed by atoms with van der Waals surface area (Å²) >= 11 is 3.90. The summed E-state index contributed by atoms with van der Waals surface area (Å²) in [4.78, 5) is 11.9. The van der Waals surface area contributed by atoms with E-state index in [0.717, 1.165) is 18.5 Å². The normalized spacial score (nSPS) is 19.8. The molecule has 28 heavy (non-hydrogen) atoms. The van der Waals surface area contributed by atoms with Crippen LogP contribution in [-0.2, 0) is 6.54 Å². The van der Waals surface area contributed by atoms with E-state index in [4.69, 9.17) is 0 Å². The molecule has 0 bridgehead atoms. The average molecular weight is 438 g/mol. The van der Waals surface area contributed by atoms with E-state index >= 15 is 0 Å². The molecule has 0 saturated heterocycles. The number of alkyl halides is 1. The van der Waals surface area contributed by atoms with Crippen LogP contribution in [0.5, 0.6) is 0 Å². The second kappa shape index (κ2) is 7.07. The summed E-state index contributed by atoms with van der Waals surface area (Å²) in [7, 11) is 0. The highest BCUT2D eigenvalue weighted by Crippen LogP contribution is 2.48. The first kappa shape index (κ1) is 18.0. The van der Waals surface area contributed by atoms with Crippen LogP contribution in [0.4, 0.5) is 0 Å². The van der Waals surface area contributed by atoms with Crippen molar-refractivity contribution in [2.75, 3.05) is 0 Å². The number of aryl methyl sites for hydroxylation is 1. The van der Waals surface area contributed by atoms with Crippen molar-refractivity contribution in [2.45, 2.75) is 55.8 Å². The molecule has 0 radical (unpaired) electrons. The van der Waals surface area contributed by atoms with E-state index in [2.05, 4.69) is 50.8 Å². The maximum absolute atomic E-state index is 11.6. The summed E-state index contributed by atoms with van der Waals surface area (Å²) in [6, 6.07) is 14.4. The molecule has 1 saturated carbocycles. The number of aromatic carboxylic acids is 1. The average Bonchev–Trinajstić information content (AvgIpc) is 2.98. The number of carboxylic acids is 1. The van der Waals surface area contributed by atoms with Gasteiger partial charge in [-0.25, -0.2) is 4.79 Å². The number of benzene rings is 2. The van der Waals surface area contributed by atoms with Gasteiger partial charge in [0.15, 0.2) is 0 Å². The van der Waals surface area contributed by atoms with Gasteiger partial charge in [-0.2, -0.15) is 0 Å². The zero-order chi connectivity index (χ0) is 19.3. The molecule has 3 aromatic rings. The molecule has 5 rings (SSSR count). The van der Waals surface area contributed by atoms with Crippen LogP contribution in [0.15, 0.2) is 42.5 Å². The van der Waals surface area contributed by atoms with E-state index in [1.54, 1.807) is 6.07 Å². The summed E-state index contributed by atoms with van der Waals surface area (Å²) in [6.07, 6.45) is 7.35. The number of nitrogens with zero attached hydrogens (tertiary/aromatic N) is 1. The van der Waals surface area contributed by atoms with Crippen LogP contribution in [0, 0.1) is 0 Å². The van der Waals surface area contributed by atoms with Gasteiger partial charge in [-0.1, -0.05) is 65.5 Å². The first-order valence-electron chi connectivity index (χ1n) is 10.3. The summed E-state index contributed by atoms with van der Waals surface area (Å²) in [5.41, 5.74) is 6.86. The SMILES string of the molecule is O=C(O)c1ccc2c(C3CCCCC3)c3n(c2c1)CCC(Br)c1ccccc1-3. The molecular formula is C24H24BrNO2. The summed E-state index contributed by atoms with van der Waals surface area (Å²) < 4.78 is 2.39. The van der Waals surface area contributed by atoms with Crippen molar-refractivity contribution in [1.29, 1.82) is 0 Å². The molecular weight excluding hydrogens is 414 g/mol. The number of hydrogen-bond acceptors (Lipinski definition) is 1. The van der Waals surface area contributed by atoms with Crippen LogP contribution in [0.25, 0.3) is 22.2 Å². The Balaban J connectivity index is 1.85. The lowest BCUT2D eigenvalue weighted by atomic mass is 9.81. The van der Waals surface area contributed by atoms with Gasteiger partial charge in [-0.05, 0) is 48.4 Å². The molecule has 2 heterocycles. The Morgan fingerprint density at radius 2 is 1.82 bits per heavy atom. The Bertz CT molecular complexity index is 1060. The summed E-state index contributed by atoms with van der Waals surface area (Å²) in [5.74, 6) is -0.299. The molecule has 1 aliphatic carbocycles. The number of fused-ring (bicyclic) bond motifs is 5. The third-order valence-electron chi connectivity index (χ3n) is 6.52. The van der Waals surface area contributed by atoms with E-state index in [-0.39, 0.29) is 0 Å². The van der Waals surface area contributed by atoms with Crippen molar-refractivity contribution in [1.82, 2.24) is 4.57 Å². The third kappa shape index (κ3) is 2.81. The fourth-order valence-corrected chi connectivity index (χ4v) is 5.82. The van der Waals surface area contributed by atoms with E-state index < -0.39 is 5.97 Å². The molecule has 144 valence electrons. The molecule has 1 atom stereocenters. The van der Waals surface area contributed by atoms with Crippen molar-refractivity contribution in [2.24, 2.45) is 0 Å². The van der Waals surface area contributed by atoms with E-state index in [0.29, 0.717) is 16.3 Å². The molecule has 1 aromatic heterocycles. The summed E-state index contributed by atoms with van der Waals surface area (Å²) in [5, 5.41) is 10.8. The molecule has 2 aliphatic rings. The van der Waals surface area contributed by atoms with Crippen LogP contribution >= 0.6 is 15.9 Å². The van der Waals surface area contributed by atoms with Crippen LogP contribution in [0.1, 0.15) is 70.8 Å². The zero-order valence-corrected chi connectivity index (χ0v) is 17.4. The van der Waals surface area contributed by atoms with Crippen molar-refractivity contribution in [3.8, 4) is 11.3 Å². The zero-order valence-electron chi connectivity index (χ0n) is 15.8. The van der Waals surface area contributed by atoms with E-state index in [9.17, 15) is 9.90 Å². The van der Waals surface area contributed by atoms with Gasteiger partial charge in [-0.3, -0.25) is 0 Å². The lowest BCUT2D eigenvalue weighted by Crippen LogP contribution is -2.06. The molecule has 0 amide bonds. The van der Waals surface area contributed by atoms with Crippen LogP contribution in [0.3, 0.4) is 0 Å². The minimum atomic E-state index is -0.857. The Morgan fingerprint density at radius 3 is 2.61 bits per heavy atom. The van der Waals surface area contributed by atoms with Gasteiger partial charge in [0.1, 0.15) is 0 Å². The van der Waals surface area contributed by atoms with Crippen molar-refractivity contribution >= 4 is 32.8 Å². The van der Waals surface area contributed by atoms with Crippen molar-refractivity contribution in [3.63, 3.8) is 0 Å². The minimum absolute atomic E-state index is 0.320. The van der Waals surface area contributed by atoms with Gasteiger partial charge >= 0.3 is 5.97 Å². The number of aromatic nitrogens is 1. The van der Waals surface area contributed by atoms with Gasteiger partial charge in [0.2, 0.25) is 0 Å². The Kier molecular flexibility index (Phi) is 4.54. The molecule has 1 N–H and O–H groups in total. The number of rotatable bonds is 2.